The zero-order chi connectivity index (χ0) is 22.9. The minimum atomic E-state index is -1.21. The maximum absolute atomic E-state index is 11.7. The smallest absolute Gasteiger partial charge is 0.397 e. The first kappa shape index (κ1) is 21.8. The summed E-state index contributed by atoms with van der Waals surface area (Å²) in [5.74, 6) is -3.04. The van der Waals surface area contributed by atoms with Crippen LogP contribution >= 0.6 is 0 Å². The second-order valence-corrected chi connectivity index (χ2v) is 6.50. The van der Waals surface area contributed by atoms with Gasteiger partial charge in [0.2, 0.25) is 5.52 Å². The normalized spacial score (nSPS) is 22.8. The fourth-order valence-corrected chi connectivity index (χ4v) is 3.15. The molecule has 2 aromatic heterocycles. The minimum Gasteiger partial charge on any atom is -0.463 e. The summed E-state index contributed by atoms with van der Waals surface area (Å²) in [6, 6.07) is 0. The third kappa shape index (κ3) is 4.50. The second kappa shape index (κ2) is 8.47. The van der Waals surface area contributed by atoms with Gasteiger partial charge in [0.05, 0.1) is 6.33 Å². The first-order valence-electron chi connectivity index (χ1n) is 8.86. The lowest BCUT2D eigenvalue weighted by Gasteiger charge is -2.23. The molecule has 15 nitrogen and oxygen atoms in total. The number of fused-ring (bicyclic) bond motifs is 1. The summed E-state index contributed by atoms with van der Waals surface area (Å²) in [4.78, 5) is 56.6. The Balaban J connectivity index is 2.08. The maximum atomic E-state index is 11.7. The van der Waals surface area contributed by atoms with E-state index in [1.807, 2.05) is 0 Å². The molecule has 0 unspecified atom stereocenters. The van der Waals surface area contributed by atoms with E-state index < -0.39 is 59.1 Å². The molecule has 1 aliphatic rings. The third-order valence-electron chi connectivity index (χ3n) is 4.21. The summed E-state index contributed by atoms with van der Waals surface area (Å²) >= 11 is 0. The maximum Gasteiger partial charge on any atom is 0.397 e. The van der Waals surface area contributed by atoms with E-state index in [1.54, 1.807) is 0 Å². The van der Waals surface area contributed by atoms with Crippen molar-refractivity contribution in [1.82, 2.24) is 19.5 Å². The molecule has 2 aromatic rings. The van der Waals surface area contributed by atoms with Gasteiger partial charge in [0, 0.05) is 25.8 Å². The molecule has 2 N–H and O–H groups in total. The molecule has 0 bridgehead atoms. The van der Waals surface area contributed by atoms with Crippen molar-refractivity contribution in [3.8, 4) is 0 Å². The van der Waals surface area contributed by atoms with Crippen LogP contribution in [0, 0.1) is 10.1 Å². The number of hydrogen-bond acceptors (Lipinski definition) is 13. The van der Waals surface area contributed by atoms with Crippen molar-refractivity contribution in [3.63, 3.8) is 0 Å². The number of imidazole rings is 1. The number of hydrogen-bond donors (Lipinski definition) is 1. The molecule has 0 aliphatic carbocycles. The fraction of sp³-hybridized carbons (Fsp3) is 0.500. The highest BCUT2D eigenvalue weighted by Gasteiger charge is 2.51. The van der Waals surface area contributed by atoms with Gasteiger partial charge in [-0.05, 0) is 4.92 Å². The lowest BCUT2D eigenvalue weighted by atomic mass is 10.1. The molecule has 31 heavy (non-hydrogen) atoms. The zero-order valence-corrected chi connectivity index (χ0v) is 16.6. The number of carbonyl (C=O) groups excluding carboxylic acids is 3. The molecule has 3 rings (SSSR count). The van der Waals surface area contributed by atoms with Crippen LogP contribution in [-0.2, 0) is 33.3 Å². The number of esters is 3. The average Bonchev–Trinajstić information content (AvgIpc) is 3.20. The lowest BCUT2D eigenvalue weighted by Crippen LogP contribution is -2.40. The summed E-state index contributed by atoms with van der Waals surface area (Å²) in [5, 5.41) is 11.3. The van der Waals surface area contributed by atoms with Crippen LogP contribution in [0.1, 0.15) is 27.0 Å². The van der Waals surface area contributed by atoms with Gasteiger partial charge in [-0.15, -0.1) is 0 Å². The quantitative estimate of drug-likeness (QED) is 0.265. The SMILES string of the molecule is CC(=O)OC[C@H]1O[C@@H](n2cnc3c([N+](=O)[O-])nc(N)nc32)[C@H](OC(C)=O)[C@@H]1OC(C)=O. The molecule has 0 amide bonds. The molecular formula is C16H18N6O9. The Morgan fingerprint density at radius 2 is 1.81 bits per heavy atom. The van der Waals surface area contributed by atoms with Crippen LogP contribution < -0.4 is 5.73 Å². The predicted octanol–water partition coefficient (Wildman–Crippen LogP) is -0.359. The van der Waals surface area contributed by atoms with E-state index in [0.717, 1.165) is 20.2 Å². The molecule has 1 fully saturated rings. The zero-order valence-electron chi connectivity index (χ0n) is 16.6. The second-order valence-electron chi connectivity index (χ2n) is 6.50. The standard InChI is InChI=1S/C16H18N6O9/c1-6(23)28-4-9-11(29-7(2)24)12(30-8(3)25)15(31-9)21-5-18-10-13(21)19-16(17)20-14(10)22(26)27/h5,9,11-12,15H,4H2,1-3H3,(H2,17,19,20)/t9-,11-,12-,15-/m1/s1. The molecular weight excluding hydrogens is 420 g/mol. The summed E-state index contributed by atoms with van der Waals surface area (Å²) in [5.41, 5.74) is 5.33. The Bertz CT molecular complexity index is 1050. The van der Waals surface area contributed by atoms with Crippen LogP contribution in [0.5, 0.6) is 0 Å². The summed E-state index contributed by atoms with van der Waals surface area (Å²) in [6.45, 7) is 3.15. The van der Waals surface area contributed by atoms with Gasteiger partial charge >= 0.3 is 29.7 Å². The Hall–Kier alpha value is -3.88. The van der Waals surface area contributed by atoms with Crippen molar-refractivity contribution in [2.75, 3.05) is 12.3 Å². The van der Waals surface area contributed by atoms with Crippen molar-refractivity contribution >= 4 is 40.8 Å². The predicted molar refractivity (Wildman–Crippen MR) is 98.0 cm³/mol. The Morgan fingerprint density at radius 1 is 1.16 bits per heavy atom. The van der Waals surface area contributed by atoms with Gasteiger partial charge in [0.15, 0.2) is 24.1 Å². The number of anilines is 1. The summed E-state index contributed by atoms with van der Waals surface area (Å²) in [7, 11) is 0. The van der Waals surface area contributed by atoms with Crippen molar-refractivity contribution in [3.05, 3.63) is 16.4 Å². The number of nitrogens with zero attached hydrogens (tertiary/aromatic N) is 5. The Morgan fingerprint density at radius 3 is 2.39 bits per heavy atom. The molecule has 3 heterocycles. The number of nitrogens with two attached hydrogens (primary N) is 1. The van der Waals surface area contributed by atoms with Crippen LogP contribution in [0.25, 0.3) is 11.2 Å². The monoisotopic (exact) mass is 438 g/mol. The fourth-order valence-electron chi connectivity index (χ4n) is 3.15. The highest BCUT2D eigenvalue weighted by Crippen LogP contribution is 2.36. The van der Waals surface area contributed by atoms with Gasteiger partial charge in [-0.2, -0.15) is 4.98 Å². The summed E-state index contributed by atoms with van der Waals surface area (Å²) < 4.78 is 22.6. The largest absolute Gasteiger partial charge is 0.463 e. The highest BCUT2D eigenvalue weighted by molar-refractivity contribution is 5.80. The van der Waals surface area contributed by atoms with Crippen molar-refractivity contribution in [2.45, 2.75) is 45.3 Å². The number of rotatable bonds is 6. The van der Waals surface area contributed by atoms with Crippen molar-refractivity contribution < 1.29 is 38.3 Å². The first-order chi connectivity index (χ1) is 14.6. The molecule has 15 heteroatoms. The van der Waals surface area contributed by atoms with E-state index in [9.17, 15) is 24.5 Å². The van der Waals surface area contributed by atoms with E-state index in [4.69, 9.17) is 24.7 Å². The Kier molecular flexibility index (Phi) is 5.96. The minimum absolute atomic E-state index is 0.0731. The van der Waals surface area contributed by atoms with Crippen LogP contribution in [-0.4, -0.2) is 67.3 Å². The number of nitro groups is 1. The molecule has 0 aromatic carbocycles. The van der Waals surface area contributed by atoms with E-state index in [-0.39, 0.29) is 17.8 Å². The molecule has 166 valence electrons. The van der Waals surface area contributed by atoms with Gasteiger partial charge in [0.25, 0.3) is 0 Å². The van der Waals surface area contributed by atoms with Gasteiger partial charge in [-0.25, -0.2) is 4.98 Å². The van der Waals surface area contributed by atoms with Crippen LogP contribution in [0.2, 0.25) is 0 Å². The molecule has 4 atom stereocenters. The lowest BCUT2D eigenvalue weighted by molar-refractivity contribution is -0.387. The molecule has 0 spiro atoms. The number of ether oxygens (including phenoxy) is 4. The van der Waals surface area contributed by atoms with Crippen LogP contribution in [0.15, 0.2) is 6.33 Å². The average molecular weight is 438 g/mol. The number of nitrogen functional groups attached to an aromatic ring is 1. The number of carbonyl (C=O) groups is 3. The topological polar surface area (TPSA) is 201 Å². The van der Waals surface area contributed by atoms with Gasteiger partial charge < -0.3 is 34.8 Å². The van der Waals surface area contributed by atoms with Gasteiger partial charge in [-0.3, -0.25) is 19.0 Å². The van der Waals surface area contributed by atoms with E-state index in [1.165, 1.54) is 11.5 Å². The Labute approximate surface area is 173 Å². The van der Waals surface area contributed by atoms with Crippen LogP contribution in [0.3, 0.4) is 0 Å². The molecule has 0 radical (unpaired) electrons. The van der Waals surface area contributed by atoms with E-state index >= 15 is 0 Å². The summed E-state index contributed by atoms with van der Waals surface area (Å²) in [6.07, 6.45) is -3.42. The third-order valence-corrected chi connectivity index (χ3v) is 4.21. The first-order valence-corrected chi connectivity index (χ1v) is 8.86. The molecule has 1 saturated heterocycles. The van der Waals surface area contributed by atoms with Crippen LogP contribution in [0.4, 0.5) is 11.8 Å². The number of aromatic nitrogens is 4. The molecule has 1 aliphatic heterocycles. The highest BCUT2D eigenvalue weighted by atomic mass is 16.7. The molecule has 0 saturated carbocycles. The van der Waals surface area contributed by atoms with Crippen molar-refractivity contribution in [1.29, 1.82) is 0 Å². The van der Waals surface area contributed by atoms with E-state index in [0.29, 0.717) is 0 Å². The van der Waals surface area contributed by atoms with E-state index in [2.05, 4.69) is 15.0 Å². The van der Waals surface area contributed by atoms with Gasteiger partial charge in [0.1, 0.15) is 12.7 Å². The van der Waals surface area contributed by atoms with Gasteiger partial charge in [-0.1, -0.05) is 0 Å². The van der Waals surface area contributed by atoms with Crippen molar-refractivity contribution in [2.24, 2.45) is 0 Å².